The first-order valence-corrected chi connectivity index (χ1v) is 8.75. The number of nitrogens with one attached hydrogen (secondary N) is 2. The second-order valence-electron chi connectivity index (χ2n) is 6.37. The second-order valence-corrected chi connectivity index (χ2v) is 6.78. The number of halogens is 1. The molecule has 134 valence electrons. The van der Waals surface area contributed by atoms with Crippen molar-refractivity contribution in [1.29, 1.82) is 5.26 Å². The summed E-state index contributed by atoms with van der Waals surface area (Å²) in [7, 11) is 0. The smallest absolute Gasteiger partial charge is 0.267 e. The predicted octanol–water partition coefficient (Wildman–Crippen LogP) is 5.54. The van der Waals surface area contributed by atoms with E-state index < -0.39 is 5.91 Å². The number of para-hydroxylation sites is 1. The van der Waals surface area contributed by atoms with Gasteiger partial charge in [0.05, 0.1) is 0 Å². The maximum Gasteiger partial charge on any atom is 0.267 e. The number of hydrogen-bond donors (Lipinski definition) is 2. The lowest BCUT2D eigenvalue weighted by molar-refractivity contribution is -0.112. The van der Waals surface area contributed by atoms with E-state index >= 15 is 0 Å². The molecule has 0 saturated heterocycles. The summed E-state index contributed by atoms with van der Waals surface area (Å²) in [5.41, 5.74) is 4.34. The van der Waals surface area contributed by atoms with Crippen LogP contribution < -0.4 is 10.6 Å². The Hall–Kier alpha value is -2.77. The number of hydrogen-bond acceptors (Lipinski definition) is 3. The van der Waals surface area contributed by atoms with Gasteiger partial charge in [0.1, 0.15) is 11.6 Å². The van der Waals surface area contributed by atoms with Crippen molar-refractivity contribution in [3.63, 3.8) is 0 Å². The van der Waals surface area contributed by atoms with E-state index in [2.05, 4.69) is 24.5 Å². The Morgan fingerprint density at radius 3 is 2.54 bits per heavy atom. The summed E-state index contributed by atoms with van der Waals surface area (Å²) in [4.78, 5) is 12.6. The zero-order chi connectivity index (χ0) is 19.3. The molecule has 0 fully saturated rings. The lowest BCUT2D eigenvalue weighted by Crippen LogP contribution is -2.17. The van der Waals surface area contributed by atoms with Crippen molar-refractivity contribution in [3.05, 3.63) is 69.9 Å². The van der Waals surface area contributed by atoms with Crippen molar-refractivity contribution in [1.82, 2.24) is 0 Å². The Bertz CT molecular complexity index is 895. The van der Waals surface area contributed by atoms with Gasteiger partial charge in [0, 0.05) is 22.6 Å². The number of carbonyl (C=O) groups excluding carboxylic acids is 1. The minimum Gasteiger partial charge on any atom is -0.360 e. The molecule has 0 heterocycles. The lowest BCUT2D eigenvalue weighted by Gasteiger charge is -2.16. The predicted molar refractivity (Wildman–Crippen MR) is 107 cm³/mol. The normalized spacial score (nSPS) is 11.2. The van der Waals surface area contributed by atoms with Crippen LogP contribution in [-0.4, -0.2) is 5.91 Å². The largest absolute Gasteiger partial charge is 0.360 e. The topological polar surface area (TPSA) is 64.9 Å². The fourth-order valence-corrected chi connectivity index (χ4v) is 2.76. The molecule has 2 aromatic rings. The average molecular weight is 368 g/mol. The third-order valence-corrected chi connectivity index (χ3v) is 4.58. The van der Waals surface area contributed by atoms with Gasteiger partial charge in [-0.1, -0.05) is 49.7 Å². The first kappa shape index (κ1) is 19.6. The molecular weight excluding hydrogens is 346 g/mol. The molecule has 0 aliphatic rings. The number of aryl methyl sites for hydroxylation is 1. The molecule has 4 nitrogen and oxygen atoms in total. The van der Waals surface area contributed by atoms with Gasteiger partial charge in [0.25, 0.3) is 5.91 Å². The van der Waals surface area contributed by atoms with Crippen LogP contribution in [0.1, 0.15) is 36.5 Å². The Morgan fingerprint density at radius 2 is 1.88 bits per heavy atom. The second kappa shape index (κ2) is 8.55. The molecule has 0 atom stereocenters. The van der Waals surface area contributed by atoms with Gasteiger partial charge in [0.2, 0.25) is 0 Å². The van der Waals surface area contributed by atoms with Gasteiger partial charge in [-0.25, -0.2) is 0 Å². The zero-order valence-electron chi connectivity index (χ0n) is 15.4. The highest BCUT2D eigenvalue weighted by Crippen LogP contribution is 2.28. The lowest BCUT2D eigenvalue weighted by atomic mass is 9.98. The van der Waals surface area contributed by atoms with Gasteiger partial charge >= 0.3 is 0 Å². The zero-order valence-corrected chi connectivity index (χ0v) is 16.1. The van der Waals surface area contributed by atoms with E-state index in [1.807, 2.05) is 44.2 Å². The van der Waals surface area contributed by atoms with E-state index in [0.717, 1.165) is 28.1 Å². The van der Waals surface area contributed by atoms with E-state index in [4.69, 9.17) is 11.6 Å². The number of amides is 1. The molecule has 0 bridgehead atoms. The molecule has 0 unspecified atom stereocenters. The summed E-state index contributed by atoms with van der Waals surface area (Å²) < 4.78 is 0. The summed E-state index contributed by atoms with van der Waals surface area (Å²) in [6.45, 7) is 7.93. The van der Waals surface area contributed by atoms with Crippen LogP contribution in [0.5, 0.6) is 0 Å². The van der Waals surface area contributed by atoms with Gasteiger partial charge in [-0.15, -0.1) is 0 Å². The quantitative estimate of drug-likeness (QED) is 0.538. The highest BCUT2D eigenvalue weighted by molar-refractivity contribution is 6.31. The molecule has 0 radical (unpaired) electrons. The van der Waals surface area contributed by atoms with Crippen molar-refractivity contribution in [3.8, 4) is 6.07 Å². The summed E-state index contributed by atoms with van der Waals surface area (Å²) in [5.74, 6) is -0.192. The Morgan fingerprint density at radius 1 is 1.19 bits per heavy atom. The summed E-state index contributed by atoms with van der Waals surface area (Å²) in [6, 6.07) is 13.3. The third-order valence-electron chi connectivity index (χ3n) is 4.17. The number of rotatable bonds is 5. The van der Waals surface area contributed by atoms with Gasteiger partial charge in [-0.05, 0) is 48.6 Å². The van der Waals surface area contributed by atoms with Crippen molar-refractivity contribution in [2.75, 3.05) is 10.6 Å². The minimum atomic E-state index is -0.448. The summed E-state index contributed by atoms with van der Waals surface area (Å²) in [5, 5.41) is 15.9. The van der Waals surface area contributed by atoms with Crippen molar-refractivity contribution in [2.24, 2.45) is 0 Å². The molecule has 0 aliphatic carbocycles. The SMILES string of the molecule is Cc1cccc(C(C)C)c1NC(=O)/C(C#N)=C\Nc1cccc(Cl)c1C. The molecule has 26 heavy (non-hydrogen) atoms. The fourth-order valence-electron chi connectivity index (χ4n) is 2.59. The maximum atomic E-state index is 12.6. The van der Waals surface area contributed by atoms with Crippen LogP contribution in [0.4, 0.5) is 11.4 Å². The van der Waals surface area contributed by atoms with Crippen molar-refractivity contribution < 1.29 is 4.79 Å². The molecule has 2 N–H and O–H groups in total. The Labute approximate surface area is 159 Å². The monoisotopic (exact) mass is 367 g/mol. The first-order valence-electron chi connectivity index (χ1n) is 8.38. The average Bonchev–Trinajstić information content (AvgIpc) is 2.60. The van der Waals surface area contributed by atoms with Crippen molar-refractivity contribution >= 4 is 28.9 Å². The van der Waals surface area contributed by atoms with Crippen LogP contribution in [0, 0.1) is 25.2 Å². The number of nitrogens with zero attached hydrogens (tertiary/aromatic N) is 1. The molecule has 0 aromatic heterocycles. The molecular formula is C21H22ClN3O. The van der Waals surface area contributed by atoms with Crippen LogP contribution >= 0.6 is 11.6 Å². The van der Waals surface area contributed by atoms with Crippen LogP contribution in [0.3, 0.4) is 0 Å². The van der Waals surface area contributed by atoms with Gasteiger partial charge in [-0.3, -0.25) is 4.79 Å². The Kier molecular flexibility index (Phi) is 6.43. The molecule has 0 saturated carbocycles. The molecule has 5 heteroatoms. The van der Waals surface area contributed by atoms with Gasteiger partial charge in [-0.2, -0.15) is 5.26 Å². The molecule has 1 amide bonds. The van der Waals surface area contributed by atoms with Crippen LogP contribution in [0.25, 0.3) is 0 Å². The molecule has 0 spiro atoms. The summed E-state index contributed by atoms with van der Waals surface area (Å²) in [6.07, 6.45) is 1.40. The maximum absolute atomic E-state index is 12.6. The number of carbonyl (C=O) groups is 1. The highest BCUT2D eigenvalue weighted by Gasteiger charge is 2.15. The van der Waals surface area contributed by atoms with E-state index in [1.165, 1.54) is 6.20 Å². The highest BCUT2D eigenvalue weighted by atomic mass is 35.5. The Balaban J connectivity index is 2.25. The first-order chi connectivity index (χ1) is 12.3. The summed E-state index contributed by atoms with van der Waals surface area (Å²) >= 11 is 6.09. The number of nitriles is 1. The van der Waals surface area contributed by atoms with E-state index in [0.29, 0.717) is 5.02 Å². The number of anilines is 2. The molecule has 2 rings (SSSR count). The van der Waals surface area contributed by atoms with Gasteiger partial charge in [0.15, 0.2) is 0 Å². The molecule has 2 aromatic carbocycles. The van der Waals surface area contributed by atoms with Crippen LogP contribution in [0.2, 0.25) is 5.02 Å². The minimum absolute atomic E-state index is 0.0117. The van der Waals surface area contributed by atoms with E-state index in [1.54, 1.807) is 12.1 Å². The van der Waals surface area contributed by atoms with Crippen LogP contribution in [-0.2, 0) is 4.79 Å². The number of benzene rings is 2. The van der Waals surface area contributed by atoms with Crippen molar-refractivity contribution in [2.45, 2.75) is 33.6 Å². The standard InChI is InChI=1S/C21H22ClN3O/c1-13(2)17-8-5-7-14(3)20(17)25-21(26)16(11-23)12-24-19-10-6-9-18(22)15(19)4/h5-10,12-13,24H,1-4H3,(H,25,26)/b16-12-. The van der Waals surface area contributed by atoms with E-state index in [9.17, 15) is 10.1 Å². The van der Waals surface area contributed by atoms with Gasteiger partial charge < -0.3 is 10.6 Å². The van der Waals surface area contributed by atoms with Crippen LogP contribution in [0.15, 0.2) is 48.2 Å². The van der Waals surface area contributed by atoms with E-state index in [-0.39, 0.29) is 11.5 Å². The third kappa shape index (κ3) is 4.44. The molecule has 0 aliphatic heterocycles. The fraction of sp³-hybridized carbons (Fsp3) is 0.238.